The molecule has 4 nitrogen and oxygen atoms in total. The third-order valence-corrected chi connectivity index (χ3v) is 4.24. The van der Waals surface area contributed by atoms with Crippen molar-refractivity contribution in [2.45, 2.75) is 58.5 Å². The minimum absolute atomic E-state index is 0.130. The maximum atomic E-state index is 12.3. The molecule has 1 aliphatic rings. The molecule has 1 aromatic rings. The summed E-state index contributed by atoms with van der Waals surface area (Å²) in [4.78, 5) is 23.4. The van der Waals surface area contributed by atoms with Crippen molar-refractivity contribution in [2.75, 3.05) is 6.61 Å². The van der Waals surface area contributed by atoms with Crippen molar-refractivity contribution in [1.29, 1.82) is 0 Å². The zero-order valence-corrected chi connectivity index (χ0v) is 14.0. The normalized spacial score (nSPS) is 16.6. The van der Waals surface area contributed by atoms with Crippen molar-refractivity contribution in [2.24, 2.45) is 5.92 Å². The maximum absolute atomic E-state index is 12.3. The van der Waals surface area contributed by atoms with Crippen LogP contribution in [0.25, 0.3) is 0 Å². The number of esters is 1. The monoisotopic (exact) mass is 318 g/mol. The van der Waals surface area contributed by atoms with Crippen molar-refractivity contribution in [3.05, 3.63) is 29.8 Å². The molecule has 126 valence electrons. The van der Waals surface area contributed by atoms with E-state index in [4.69, 9.17) is 9.47 Å². The fraction of sp³-hybridized carbons (Fsp3) is 0.579. The summed E-state index contributed by atoms with van der Waals surface area (Å²) < 4.78 is 11.2. The highest BCUT2D eigenvalue weighted by molar-refractivity contribution is 5.78. The Bertz CT molecular complexity index is 515. The molecule has 1 fully saturated rings. The Morgan fingerprint density at radius 2 is 1.78 bits per heavy atom. The first-order valence-electron chi connectivity index (χ1n) is 8.51. The fourth-order valence-corrected chi connectivity index (χ4v) is 3.12. The highest BCUT2D eigenvalue weighted by Crippen LogP contribution is 2.30. The quantitative estimate of drug-likeness (QED) is 0.719. The molecule has 1 atom stereocenters. The Morgan fingerprint density at radius 1 is 1.13 bits per heavy atom. The summed E-state index contributed by atoms with van der Waals surface area (Å²) in [5, 5.41) is 0. The Hall–Kier alpha value is -1.84. The average molecular weight is 318 g/mol. The molecule has 0 aliphatic heterocycles. The molecule has 0 bridgehead atoms. The molecular weight excluding hydrogens is 292 g/mol. The van der Waals surface area contributed by atoms with E-state index >= 15 is 0 Å². The van der Waals surface area contributed by atoms with Crippen molar-refractivity contribution in [3.8, 4) is 5.75 Å². The number of hydrogen-bond donors (Lipinski definition) is 0. The first kappa shape index (κ1) is 17.5. The Labute approximate surface area is 138 Å². The van der Waals surface area contributed by atoms with Gasteiger partial charge in [-0.05, 0) is 44.4 Å². The zero-order valence-electron chi connectivity index (χ0n) is 14.0. The first-order chi connectivity index (χ1) is 11.1. The van der Waals surface area contributed by atoms with Crippen molar-refractivity contribution >= 4 is 11.8 Å². The third-order valence-electron chi connectivity index (χ3n) is 4.24. The predicted molar refractivity (Wildman–Crippen MR) is 88.5 cm³/mol. The minimum Gasteiger partial charge on any atom is -0.478 e. The largest absolute Gasteiger partial charge is 0.478 e. The van der Waals surface area contributed by atoms with Crippen LogP contribution in [-0.2, 0) is 20.7 Å². The van der Waals surface area contributed by atoms with Gasteiger partial charge in [0, 0.05) is 12.3 Å². The maximum Gasteiger partial charge on any atom is 0.347 e. The molecule has 0 N–H and O–H groups in total. The summed E-state index contributed by atoms with van der Waals surface area (Å²) in [5.41, 5.74) is 0.954. The molecular formula is C19H26O4. The van der Waals surface area contributed by atoms with Gasteiger partial charge in [-0.15, -0.1) is 0 Å². The third kappa shape index (κ3) is 5.38. The Morgan fingerprint density at radius 3 is 2.35 bits per heavy atom. The fourth-order valence-electron chi connectivity index (χ4n) is 3.12. The molecule has 23 heavy (non-hydrogen) atoms. The first-order valence-corrected chi connectivity index (χ1v) is 8.51. The van der Waals surface area contributed by atoms with E-state index in [1.807, 2.05) is 31.2 Å². The SMILES string of the molecule is CCOC(=O)C(Oc1ccc(CC(C)=O)cc1)C1CCCCC1. The van der Waals surface area contributed by atoms with E-state index in [1.54, 1.807) is 6.92 Å². The smallest absolute Gasteiger partial charge is 0.347 e. The van der Waals surface area contributed by atoms with E-state index in [-0.39, 0.29) is 17.7 Å². The van der Waals surface area contributed by atoms with Crippen LogP contribution >= 0.6 is 0 Å². The lowest BCUT2D eigenvalue weighted by Gasteiger charge is -2.29. The number of benzene rings is 1. The number of hydrogen-bond acceptors (Lipinski definition) is 4. The lowest BCUT2D eigenvalue weighted by molar-refractivity contribution is -0.154. The molecule has 0 radical (unpaired) electrons. The van der Waals surface area contributed by atoms with E-state index in [9.17, 15) is 9.59 Å². The minimum atomic E-state index is -0.533. The van der Waals surface area contributed by atoms with Crippen LogP contribution in [0, 0.1) is 5.92 Å². The number of ketones is 1. The van der Waals surface area contributed by atoms with E-state index in [2.05, 4.69) is 0 Å². The highest BCUT2D eigenvalue weighted by atomic mass is 16.6. The molecule has 1 aliphatic carbocycles. The second kappa shape index (κ2) is 8.70. The van der Waals surface area contributed by atoms with Crippen LogP contribution in [0.3, 0.4) is 0 Å². The van der Waals surface area contributed by atoms with Crippen LogP contribution in [0.5, 0.6) is 5.75 Å². The second-order valence-corrected chi connectivity index (χ2v) is 6.21. The molecule has 0 saturated heterocycles. The summed E-state index contributed by atoms with van der Waals surface area (Å²) in [7, 11) is 0. The number of carbonyl (C=O) groups is 2. The summed E-state index contributed by atoms with van der Waals surface area (Å²) >= 11 is 0. The van der Waals surface area contributed by atoms with E-state index < -0.39 is 6.10 Å². The van der Waals surface area contributed by atoms with E-state index in [0.717, 1.165) is 31.2 Å². The summed E-state index contributed by atoms with van der Waals surface area (Å²) in [6, 6.07) is 7.40. The molecule has 2 rings (SSSR count). The molecule has 0 aromatic heterocycles. The summed E-state index contributed by atoms with van der Waals surface area (Å²) in [6.45, 7) is 3.75. The van der Waals surface area contributed by atoms with Gasteiger partial charge in [-0.2, -0.15) is 0 Å². The van der Waals surface area contributed by atoms with Crippen molar-refractivity contribution in [1.82, 2.24) is 0 Å². The summed E-state index contributed by atoms with van der Waals surface area (Å²) in [5.74, 6) is 0.734. The lowest BCUT2D eigenvalue weighted by atomic mass is 9.85. The van der Waals surface area contributed by atoms with Crippen LogP contribution in [0.15, 0.2) is 24.3 Å². The molecule has 4 heteroatoms. The van der Waals surface area contributed by atoms with Gasteiger partial charge in [0.2, 0.25) is 0 Å². The van der Waals surface area contributed by atoms with E-state index in [0.29, 0.717) is 18.8 Å². The van der Waals surface area contributed by atoms with Gasteiger partial charge in [0.05, 0.1) is 6.61 Å². The van der Waals surface area contributed by atoms with Crippen LogP contribution in [-0.4, -0.2) is 24.5 Å². The Balaban J connectivity index is 2.06. The summed E-state index contributed by atoms with van der Waals surface area (Å²) in [6.07, 6.45) is 5.41. The van der Waals surface area contributed by atoms with E-state index in [1.165, 1.54) is 6.42 Å². The number of rotatable bonds is 7. The van der Waals surface area contributed by atoms with Gasteiger partial charge >= 0.3 is 5.97 Å². The molecule has 1 unspecified atom stereocenters. The van der Waals surface area contributed by atoms with Gasteiger partial charge < -0.3 is 9.47 Å². The standard InChI is InChI=1S/C19H26O4/c1-3-22-19(21)18(16-7-5-4-6-8-16)23-17-11-9-15(10-12-17)13-14(2)20/h9-12,16,18H,3-8,13H2,1-2H3. The van der Waals surface area contributed by atoms with Crippen LogP contribution in [0.4, 0.5) is 0 Å². The second-order valence-electron chi connectivity index (χ2n) is 6.21. The van der Waals surface area contributed by atoms with Crippen LogP contribution in [0.2, 0.25) is 0 Å². The predicted octanol–water partition coefficient (Wildman–Crippen LogP) is 3.71. The number of ether oxygens (including phenoxy) is 2. The average Bonchev–Trinajstić information content (AvgIpc) is 2.54. The van der Waals surface area contributed by atoms with Gasteiger partial charge in [0.1, 0.15) is 11.5 Å². The van der Waals surface area contributed by atoms with Crippen LogP contribution in [0.1, 0.15) is 51.5 Å². The van der Waals surface area contributed by atoms with Gasteiger partial charge in [-0.25, -0.2) is 4.79 Å². The van der Waals surface area contributed by atoms with Gasteiger partial charge in [-0.1, -0.05) is 31.4 Å². The molecule has 1 saturated carbocycles. The van der Waals surface area contributed by atoms with Crippen molar-refractivity contribution < 1.29 is 19.1 Å². The molecule has 0 amide bonds. The van der Waals surface area contributed by atoms with Crippen molar-refractivity contribution in [3.63, 3.8) is 0 Å². The topological polar surface area (TPSA) is 52.6 Å². The van der Waals surface area contributed by atoms with Crippen LogP contribution < -0.4 is 4.74 Å². The lowest BCUT2D eigenvalue weighted by Crippen LogP contribution is -2.37. The molecule has 0 spiro atoms. The number of carbonyl (C=O) groups excluding carboxylic acids is 2. The number of Topliss-reactive ketones (excluding diaryl/α,β-unsaturated/α-hetero) is 1. The van der Waals surface area contributed by atoms with Gasteiger partial charge in [0.15, 0.2) is 6.10 Å². The zero-order chi connectivity index (χ0) is 16.7. The van der Waals surface area contributed by atoms with Gasteiger partial charge in [-0.3, -0.25) is 4.79 Å². The molecule has 0 heterocycles. The highest BCUT2D eigenvalue weighted by Gasteiger charge is 2.32. The van der Waals surface area contributed by atoms with Gasteiger partial charge in [0.25, 0.3) is 0 Å². The Kier molecular flexibility index (Phi) is 6.63. The molecule has 1 aromatic carbocycles.